The van der Waals surface area contributed by atoms with E-state index in [4.69, 9.17) is 4.84 Å². The minimum atomic E-state index is -0.423. The molecule has 1 aromatic carbocycles. The van der Waals surface area contributed by atoms with Gasteiger partial charge in [0.1, 0.15) is 5.75 Å². The number of nitro groups is 1. The maximum Gasteiger partial charge on any atom is 0.269 e. The number of rotatable bonds is 6. The van der Waals surface area contributed by atoms with Crippen molar-refractivity contribution in [2.24, 2.45) is 0 Å². The van der Waals surface area contributed by atoms with Gasteiger partial charge in [-0.25, -0.2) is 0 Å². The molecule has 5 nitrogen and oxygen atoms in total. The number of nitrogens with zero attached hydrogens (tertiary/aromatic N) is 2. The lowest BCUT2D eigenvalue weighted by molar-refractivity contribution is -0.384. The first-order valence-electron chi connectivity index (χ1n) is 6.30. The molecule has 1 heterocycles. The number of nitro benzene ring substituents is 1. The lowest BCUT2D eigenvalue weighted by atomic mass is 10.2. The quantitative estimate of drug-likeness (QED) is 0.595. The second kappa shape index (κ2) is 6.49. The Labute approximate surface area is 121 Å². The van der Waals surface area contributed by atoms with Crippen molar-refractivity contribution in [3.8, 4) is 5.75 Å². The number of benzene rings is 1. The van der Waals surface area contributed by atoms with Crippen LogP contribution < -0.4 is 4.84 Å². The van der Waals surface area contributed by atoms with Gasteiger partial charge < -0.3 is 4.84 Å². The van der Waals surface area contributed by atoms with Gasteiger partial charge in [-0.15, -0.1) is 16.4 Å². The van der Waals surface area contributed by atoms with Crippen LogP contribution in [0.1, 0.15) is 24.3 Å². The molecular weight excluding hydrogens is 276 g/mol. The van der Waals surface area contributed by atoms with E-state index in [2.05, 4.69) is 13.0 Å². The average molecular weight is 292 g/mol. The molecule has 1 aromatic heterocycles. The van der Waals surface area contributed by atoms with Gasteiger partial charge in [0.05, 0.1) is 11.0 Å². The molecule has 2 aromatic rings. The monoisotopic (exact) mass is 292 g/mol. The molecule has 0 N–H and O–H groups in total. The van der Waals surface area contributed by atoms with Crippen LogP contribution in [-0.2, 0) is 0 Å². The van der Waals surface area contributed by atoms with Crippen molar-refractivity contribution >= 4 is 17.0 Å². The first-order valence-corrected chi connectivity index (χ1v) is 7.18. The topological polar surface area (TPSA) is 55.6 Å². The van der Waals surface area contributed by atoms with Crippen molar-refractivity contribution in [3.63, 3.8) is 0 Å². The molecule has 0 aliphatic rings. The lowest BCUT2D eigenvalue weighted by Gasteiger charge is -2.25. The summed E-state index contributed by atoms with van der Waals surface area (Å²) in [6, 6.07) is 10.4. The summed E-state index contributed by atoms with van der Waals surface area (Å²) in [6.45, 7) is 2.10. The van der Waals surface area contributed by atoms with Crippen molar-refractivity contribution in [2.45, 2.75) is 19.4 Å². The summed E-state index contributed by atoms with van der Waals surface area (Å²) in [4.78, 5) is 17.2. The molecule has 2 rings (SSSR count). The van der Waals surface area contributed by atoms with Gasteiger partial charge in [-0.05, 0) is 30.0 Å². The van der Waals surface area contributed by atoms with Crippen molar-refractivity contribution in [1.82, 2.24) is 5.06 Å². The van der Waals surface area contributed by atoms with Crippen LogP contribution in [0.15, 0.2) is 41.8 Å². The highest BCUT2D eigenvalue weighted by atomic mass is 32.1. The van der Waals surface area contributed by atoms with Gasteiger partial charge in [-0.2, -0.15) is 0 Å². The fraction of sp³-hybridized carbons (Fsp3) is 0.286. The second-order valence-electron chi connectivity index (χ2n) is 4.33. The van der Waals surface area contributed by atoms with Crippen molar-refractivity contribution < 1.29 is 9.76 Å². The molecule has 6 heteroatoms. The minimum absolute atomic E-state index is 0.0605. The normalized spacial score (nSPS) is 12.3. The van der Waals surface area contributed by atoms with E-state index in [9.17, 15) is 10.1 Å². The zero-order chi connectivity index (χ0) is 14.5. The molecular formula is C14H16N2O3S. The SMILES string of the molecule is CCC(c1cccs1)N(C)Oc1ccc([N+](=O)[O-])cc1. The summed E-state index contributed by atoms with van der Waals surface area (Å²) in [5, 5.41) is 14.4. The molecule has 0 radical (unpaired) electrons. The smallest absolute Gasteiger partial charge is 0.269 e. The third-order valence-electron chi connectivity index (χ3n) is 2.99. The Hall–Kier alpha value is -1.92. The average Bonchev–Trinajstić information content (AvgIpc) is 2.94. The number of thiophene rings is 1. The fourth-order valence-corrected chi connectivity index (χ4v) is 2.92. The molecule has 20 heavy (non-hydrogen) atoms. The van der Waals surface area contributed by atoms with Crippen LogP contribution in [0.25, 0.3) is 0 Å². The summed E-state index contributed by atoms with van der Waals surface area (Å²) >= 11 is 1.69. The molecule has 1 unspecified atom stereocenters. The molecule has 0 spiro atoms. The Balaban J connectivity index is 2.06. The van der Waals surface area contributed by atoms with Crippen LogP contribution in [0.2, 0.25) is 0 Å². The zero-order valence-electron chi connectivity index (χ0n) is 11.4. The van der Waals surface area contributed by atoms with Gasteiger partial charge in [-0.1, -0.05) is 13.0 Å². The third kappa shape index (κ3) is 3.34. The number of hydroxylamine groups is 2. The van der Waals surface area contributed by atoms with Crippen LogP contribution in [0.4, 0.5) is 5.69 Å². The van der Waals surface area contributed by atoms with Crippen LogP contribution >= 0.6 is 11.3 Å². The van der Waals surface area contributed by atoms with E-state index in [1.165, 1.54) is 17.0 Å². The first-order chi connectivity index (χ1) is 9.61. The second-order valence-corrected chi connectivity index (χ2v) is 5.31. The van der Waals surface area contributed by atoms with E-state index in [1.807, 2.05) is 18.5 Å². The Morgan fingerprint density at radius 1 is 1.35 bits per heavy atom. The van der Waals surface area contributed by atoms with Gasteiger partial charge in [0.15, 0.2) is 0 Å². The van der Waals surface area contributed by atoms with E-state index in [-0.39, 0.29) is 11.7 Å². The van der Waals surface area contributed by atoms with Crippen molar-refractivity contribution in [2.75, 3.05) is 7.05 Å². The molecule has 0 saturated heterocycles. The highest BCUT2D eigenvalue weighted by molar-refractivity contribution is 7.10. The fourth-order valence-electron chi connectivity index (χ4n) is 1.98. The van der Waals surface area contributed by atoms with Gasteiger partial charge in [0.2, 0.25) is 0 Å². The summed E-state index contributed by atoms with van der Waals surface area (Å²) in [5.74, 6) is 0.591. The van der Waals surface area contributed by atoms with E-state index in [0.717, 1.165) is 6.42 Å². The van der Waals surface area contributed by atoms with Crippen molar-refractivity contribution in [3.05, 3.63) is 56.8 Å². The number of non-ortho nitro benzene ring substituents is 1. The Morgan fingerprint density at radius 2 is 2.05 bits per heavy atom. The molecule has 0 amide bonds. The minimum Gasteiger partial charge on any atom is -0.406 e. The number of hydrogen-bond acceptors (Lipinski definition) is 5. The van der Waals surface area contributed by atoms with Gasteiger partial charge in [0, 0.05) is 24.1 Å². The van der Waals surface area contributed by atoms with E-state index in [0.29, 0.717) is 5.75 Å². The van der Waals surface area contributed by atoms with Crippen molar-refractivity contribution in [1.29, 1.82) is 0 Å². The molecule has 0 bridgehead atoms. The van der Waals surface area contributed by atoms with E-state index in [1.54, 1.807) is 28.5 Å². The largest absolute Gasteiger partial charge is 0.406 e. The summed E-state index contributed by atoms with van der Waals surface area (Å²) < 4.78 is 0. The number of hydrogen-bond donors (Lipinski definition) is 0. The molecule has 0 fully saturated rings. The van der Waals surface area contributed by atoms with Crippen LogP contribution in [0, 0.1) is 10.1 Å². The summed E-state index contributed by atoms with van der Waals surface area (Å²) in [7, 11) is 1.87. The standard InChI is InChI=1S/C14H16N2O3S/c1-3-13(14-5-4-10-20-14)15(2)19-12-8-6-11(7-9-12)16(17)18/h4-10,13H,3H2,1-2H3. The summed E-state index contributed by atoms with van der Waals surface area (Å²) in [6.07, 6.45) is 0.921. The zero-order valence-corrected chi connectivity index (χ0v) is 12.2. The van der Waals surface area contributed by atoms with Crippen LogP contribution in [0.3, 0.4) is 0 Å². The van der Waals surface area contributed by atoms with Crippen LogP contribution in [-0.4, -0.2) is 17.0 Å². The van der Waals surface area contributed by atoms with Gasteiger partial charge >= 0.3 is 0 Å². The first kappa shape index (κ1) is 14.5. The highest BCUT2D eigenvalue weighted by Crippen LogP contribution is 2.28. The van der Waals surface area contributed by atoms with Gasteiger partial charge in [-0.3, -0.25) is 10.1 Å². The Bertz CT molecular complexity index is 554. The Kier molecular flexibility index (Phi) is 4.70. The van der Waals surface area contributed by atoms with E-state index >= 15 is 0 Å². The maximum atomic E-state index is 10.6. The molecule has 0 saturated carbocycles. The Morgan fingerprint density at radius 3 is 2.55 bits per heavy atom. The molecule has 1 atom stereocenters. The lowest BCUT2D eigenvalue weighted by Crippen LogP contribution is -2.27. The highest BCUT2D eigenvalue weighted by Gasteiger charge is 2.18. The molecule has 0 aliphatic heterocycles. The summed E-state index contributed by atoms with van der Waals surface area (Å²) in [5.41, 5.74) is 0.0605. The predicted molar refractivity (Wildman–Crippen MR) is 78.8 cm³/mol. The third-order valence-corrected chi connectivity index (χ3v) is 3.97. The predicted octanol–water partition coefficient (Wildman–Crippen LogP) is 4.03. The molecule has 106 valence electrons. The van der Waals surface area contributed by atoms with Gasteiger partial charge in [0.25, 0.3) is 5.69 Å². The van der Waals surface area contributed by atoms with E-state index < -0.39 is 4.92 Å². The maximum absolute atomic E-state index is 10.6. The van der Waals surface area contributed by atoms with Crippen LogP contribution in [0.5, 0.6) is 5.75 Å². The molecule has 0 aliphatic carbocycles.